The second kappa shape index (κ2) is 6.50. The summed E-state index contributed by atoms with van der Waals surface area (Å²) in [5.74, 6) is -0.938. The Labute approximate surface area is 127 Å². The molecule has 1 heterocycles. The van der Waals surface area contributed by atoms with E-state index in [4.69, 9.17) is 10.5 Å². The molecule has 1 aliphatic rings. The number of amides is 2. The summed E-state index contributed by atoms with van der Waals surface area (Å²) in [7, 11) is 0. The fraction of sp³-hybridized carbons (Fsp3) is 0.500. The molecule has 1 aromatic rings. The predicted molar refractivity (Wildman–Crippen MR) is 78.4 cm³/mol. The van der Waals surface area contributed by atoms with Crippen LogP contribution in [0.25, 0.3) is 0 Å². The lowest BCUT2D eigenvalue weighted by atomic mass is 9.80. The van der Waals surface area contributed by atoms with Gasteiger partial charge >= 0.3 is 12.0 Å². The van der Waals surface area contributed by atoms with Gasteiger partial charge in [-0.3, -0.25) is 4.68 Å². The van der Waals surface area contributed by atoms with Gasteiger partial charge < -0.3 is 20.9 Å². The molecule has 0 bridgehead atoms. The summed E-state index contributed by atoms with van der Waals surface area (Å²) in [5, 5.41) is 16.3. The molecule has 8 heteroatoms. The number of carbonyl (C=O) groups is 2. The first kappa shape index (κ1) is 15.9. The standard InChI is InChI=1S/C14H20N4O4/c1-2-8-18-9-6-11(17-18)22-14(12(19)20)7-4-3-5-10(14)16-13(15)21/h2,6,9-10H,1,3-5,7-8H2,(H,19,20)(H3,15,16,21). The molecule has 2 amide bonds. The number of aliphatic carboxylic acids is 1. The van der Waals surface area contributed by atoms with Crippen LogP contribution in [0.4, 0.5) is 4.79 Å². The molecular formula is C14H20N4O4. The summed E-state index contributed by atoms with van der Waals surface area (Å²) in [6.45, 7) is 4.10. The summed E-state index contributed by atoms with van der Waals surface area (Å²) < 4.78 is 7.29. The van der Waals surface area contributed by atoms with Crippen molar-refractivity contribution >= 4 is 12.0 Å². The lowest BCUT2D eigenvalue weighted by Crippen LogP contribution is -2.63. The maximum Gasteiger partial charge on any atom is 0.350 e. The molecule has 22 heavy (non-hydrogen) atoms. The highest BCUT2D eigenvalue weighted by atomic mass is 16.5. The first-order chi connectivity index (χ1) is 10.5. The Bertz CT molecular complexity index is 571. The molecule has 0 radical (unpaired) electrons. The highest BCUT2D eigenvalue weighted by Crippen LogP contribution is 2.33. The van der Waals surface area contributed by atoms with Crippen LogP contribution in [0.2, 0.25) is 0 Å². The summed E-state index contributed by atoms with van der Waals surface area (Å²) in [6, 6.07) is 0.128. The van der Waals surface area contributed by atoms with Crippen molar-refractivity contribution in [3.8, 4) is 5.88 Å². The van der Waals surface area contributed by atoms with Crippen molar-refractivity contribution in [2.24, 2.45) is 5.73 Å². The molecule has 0 saturated heterocycles. The number of nitrogens with two attached hydrogens (primary N) is 1. The highest BCUT2D eigenvalue weighted by Gasteiger charge is 2.51. The molecule has 2 unspecified atom stereocenters. The van der Waals surface area contributed by atoms with Gasteiger partial charge in [0.1, 0.15) is 0 Å². The van der Waals surface area contributed by atoms with Gasteiger partial charge in [-0.1, -0.05) is 12.5 Å². The Morgan fingerprint density at radius 2 is 2.41 bits per heavy atom. The third-order valence-electron chi connectivity index (χ3n) is 3.75. The summed E-state index contributed by atoms with van der Waals surface area (Å²) in [4.78, 5) is 23.0. The lowest BCUT2D eigenvalue weighted by Gasteiger charge is -2.39. The Hall–Kier alpha value is -2.51. The number of carboxylic acid groups (broad SMARTS) is 1. The van der Waals surface area contributed by atoms with E-state index in [0.717, 1.165) is 6.42 Å². The van der Waals surface area contributed by atoms with E-state index in [-0.39, 0.29) is 12.3 Å². The van der Waals surface area contributed by atoms with Crippen molar-refractivity contribution < 1.29 is 19.4 Å². The zero-order valence-electron chi connectivity index (χ0n) is 12.2. The van der Waals surface area contributed by atoms with Crippen LogP contribution in [-0.2, 0) is 11.3 Å². The van der Waals surface area contributed by atoms with Crippen molar-refractivity contribution in [1.82, 2.24) is 15.1 Å². The van der Waals surface area contributed by atoms with Crippen LogP contribution >= 0.6 is 0 Å². The maximum atomic E-state index is 11.8. The topological polar surface area (TPSA) is 119 Å². The minimum absolute atomic E-state index is 0.197. The van der Waals surface area contributed by atoms with Gasteiger partial charge in [0, 0.05) is 18.7 Å². The van der Waals surface area contributed by atoms with E-state index in [1.807, 2.05) is 0 Å². The van der Waals surface area contributed by atoms with Gasteiger partial charge in [-0.2, -0.15) is 0 Å². The van der Waals surface area contributed by atoms with Crippen LogP contribution < -0.4 is 15.8 Å². The zero-order chi connectivity index (χ0) is 16.2. The fourth-order valence-electron chi connectivity index (χ4n) is 2.74. The third kappa shape index (κ3) is 3.21. The molecule has 120 valence electrons. The number of nitrogens with one attached hydrogen (secondary N) is 1. The number of rotatable bonds is 6. The monoisotopic (exact) mass is 308 g/mol. The summed E-state index contributed by atoms with van der Waals surface area (Å²) in [6.07, 6.45) is 5.60. The number of allylic oxidation sites excluding steroid dienone is 1. The van der Waals surface area contributed by atoms with E-state index in [1.54, 1.807) is 23.0 Å². The van der Waals surface area contributed by atoms with Crippen molar-refractivity contribution in [1.29, 1.82) is 0 Å². The molecule has 2 atom stereocenters. The van der Waals surface area contributed by atoms with Gasteiger partial charge in [0.05, 0.1) is 12.6 Å². The molecule has 1 saturated carbocycles. The molecule has 1 aromatic heterocycles. The van der Waals surface area contributed by atoms with Crippen LogP contribution in [0.5, 0.6) is 5.88 Å². The first-order valence-electron chi connectivity index (χ1n) is 7.10. The van der Waals surface area contributed by atoms with Gasteiger partial charge in [0.2, 0.25) is 11.5 Å². The molecule has 8 nitrogen and oxygen atoms in total. The fourth-order valence-corrected chi connectivity index (χ4v) is 2.74. The number of ether oxygens (including phenoxy) is 1. The average molecular weight is 308 g/mol. The normalized spacial score (nSPS) is 24.5. The molecular weight excluding hydrogens is 288 g/mol. The predicted octanol–water partition coefficient (Wildman–Crippen LogP) is 0.882. The van der Waals surface area contributed by atoms with Gasteiger partial charge in [-0.15, -0.1) is 11.7 Å². The zero-order valence-corrected chi connectivity index (χ0v) is 12.2. The Kier molecular flexibility index (Phi) is 4.69. The van der Waals surface area contributed by atoms with Gasteiger partial charge in [-0.25, -0.2) is 9.59 Å². The largest absolute Gasteiger partial charge is 0.478 e. The molecule has 1 fully saturated rings. The summed E-state index contributed by atoms with van der Waals surface area (Å²) in [5.41, 5.74) is 3.60. The Morgan fingerprint density at radius 1 is 1.64 bits per heavy atom. The minimum atomic E-state index is -1.55. The van der Waals surface area contributed by atoms with Gasteiger partial charge in [-0.05, 0) is 12.8 Å². The van der Waals surface area contributed by atoms with Gasteiger partial charge in [0.25, 0.3) is 0 Å². The minimum Gasteiger partial charge on any atom is -0.478 e. The number of urea groups is 1. The van der Waals surface area contributed by atoms with Crippen molar-refractivity contribution in [2.75, 3.05) is 0 Å². The molecule has 0 aromatic carbocycles. The van der Waals surface area contributed by atoms with Crippen LogP contribution in [0.15, 0.2) is 24.9 Å². The van der Waals surface area contributed by atoms with Crippen molar-refractivity contribution in [3.05, 3.63) is 24.9 Å². The Balaban J connectivity index is 2.26. The number of hydrogen-bond acceptors (Lipinski definition) is 4. The maximum absolute atomic E-state index is 11.8. The number of aromatic nitrogens is 2. The van der Waals surface area contributed by atoms with Crippen LogP contribution in [0.3, 0.4) is 0 Å². The number of primary amides is 1. The molecule has 0 spiro atoms. The average Bonchev–Trinajstić information content (AvgIpc) is 2.88. The molecule has 1 aliphatic carbocycles. The quantitative estimate of drug-likeness (QED) is 0.674. The van der Waals surface area contributed by atoms with Gasteiger partial charge in [0.15, 0.2) is 0 Å². The van der Waals surface area contributed by atoms with E-state index in [2.05, 4.69) is 17.0 Å². The van der Waals surface area contributed by atoms with E-state index in [9.17, 15) is 14.7 Å². The molecule has 0 aliphatic heterocycles. The van der Waals surface area contributed by atoms with E-state index in [1.165, 1.54) is 0 Å². The van der Waals surface area contributed by atoms with Crippen molar-refractivity contribution in [3.63, 3.8) is 0 Å². The van der Waals surface area contributed by atoms with E-state index >= 15 is 0 Å². The van der Waals surface area contributed by atoms with Crippen LogP contribution in [-0.4, -0.2) is 38.5 Å². The number of carbonyl (C=O) groups excluding carboxylic acids is 1. The lowest BCUT2D eigenvalue weighted by molar-refractivity contribution is -0.161. The first-order valence-corrected chi connectivity index (χ1v) is 7.10. The third-order valence-corrected chi connectivity index (χ3v) is 3.75. The number of hydrogen-bond donors (Lipinski definition) is 3. The smallest absolute Gasteiger partial charge is 0.350 e. The Morgan fingerprint density at radius 3 is 3.05 bits per heavy atom. The van der Waals surface area contributed by atoms with Crippen molar-refractivity contribution in [2.45, 2.75) is 43.9 Å². The highest BCUT2D eigenvalue weighted by molar-refractivity contribution is 5.81. The van der Waals surface area contributed by atoms with E-state index < -0.39 is 23.6 Å². The summed E-state index contributed by atoms with van der Waals surface area (Å²) >= 11 is 0. The second-order valence-electron chi connectivity index (χ2n) is 5.27. The van der Waals surface area contributed by atoms with Crippen LogP contribution in [0.1, 0.15) is 25.7 Å². The number of carboxylic acids is 1. The SMILES string of the molecule is C=CCn1ccc(OC2(C(=O)O)CCCCC2NC(N)=O)n1. The number of nitrogens with zero attached hydrogens (tertiary/aromatic N) is 2. The molecule has 4 N–H and O–H groups in total. The second-order valence-corrected chi connectivity index (χ2v) is 5.27. The molecule has 2 rings (SSSR count). The van der Waals surface area contributed by atoms with Crippen LogP contribution in [0, 0.1) is 0 Å². The van der Waals surface area contributed by atoms with E-state index in [0.29, 0.717) is 19.4 Å².